The van der Waals surface area contributed by atoms with Crippen LogP contribution in [0.15, 0.2) is 36.5 Å². The standard InChI is InChI=1S/C28H52O2/c1-7-9-21-25-29-28(6,30-26-22-10-8-2)24-20-18-16-14-12-11-13-15-17-19-23-27(3,4)5/h11,13,16,18-19,23H,7-10,12,14-15,17,20-22,24-26H2,1-6H3/b13-11+,18-16+,23-19+. The van der Waals surface area contributed by atoms with Crippen molar-refractivity contribution in [1.82, 2.24) is 0 Å². The predicted molar refractivity (Wildman–Crippen MR) is 134 cm³/mol. The Kier molecular flexibility index (Phi) is 18.3. The van der Waals surface area contributed by atoms with Crippen molar-refractivity contribution in [1.29, 1.82) is 0 Å². The van der Waals surface area contributed by atoms with Crippen LogP contribution >= 0.6 is 0 Å². The molecule has 0 spiro atoms. The summed E-state index contributed by atoms with van der Waals surface area (Å²) in [5.74, 6) is -0.438. The molecule has 0 aliphatic heterocycles. The van der Waals surface area contributed by atoms with Crippen LogP contribution in [0.1, 0.15) is 119 Å². The fraction of sp³-hybridized carbons (Fsp3) is 0.786. The molecule has 0 heterocycles. The molecule has 0 aromatic heterocycles. The number of unbranched alkanes of at least 4 members (excludes halogenated alkanes) is 6. The quantitative estimate of drug-likeness (QED) is 0.118. The summed E-state index contributed by atoms with van der Waals surface area (Å²) in [6.45, 7) is 14.9. The molecular formula is C28H52O2. The van der Waals surface area contributed by atoms with E-state index in [1.54, 1.807) is 0 Å². The summed E-state index contributed by atoms with van der Waals surface area (Å²) in [6, 6.07) is 0. The molecule has 2 heteroatoms. The van der Waals surface area contributed by atoms with Gasteiger partial charge in [0.1, 0.15) is 0 Å². The molecule has 0 aliphatic carbocycles. The molecule has 0 unspecified atom stereocenters. The van der Waals surface area contributed by atoms with E-state index in [0.29, 0.717) is 5.41 Å². The topological polar surface area (TPSA) is 18.5 Å². The van der Waals surface area contributed by atoms with Crippen molar-refractivity contribution in [2.45, 2.75) is 124 Å². The average molecular weight is 421 g/mol. The van der Waals surface area contributed by atoms with Crippen molar-refractivity contribution in [2.24, 2.45) is 5.41 Å². The van der Waals surface area contributed by atoms with Crippen molar-refractivity contribution in [2.75, 3.05) is 13.2 Å². The van der Waals surface area contributed by atoms with Gasteiger partial charge in [-0.25, -0.2) is 0 Å². The van der Waals surface area contributed by atoms with Gasteiger partial charge in [0, 0.05) is 6.42 Å². The fourth-order valence-electron chi connectivity index (χ4n) is 3.10. The lowest BCUT2D eigenvalue weighted by Gasteiger charge is -2.30. The molecule has 176 valence electrons. The molecule has 0 fully saturated rings. The number of allylic oxidation sites excluding steroid dienone is 6. The summed E-state index contributed by atoms with van der Waals surface area (Å²) in [4.78, 5) is 0. The first-order valence-electron chi connectivity index (χ1n) is 12.6. The molecule has 0 saturated carbocycles. The van der Waals surface area contributed by atoms with Gasteiger partial charge >= 0.3 is 0 Å². The second-order valence-electron chi connectivity index (χ2n) is 9.65. The second kappa shape index (κ2) is 18.9. The number of rotatable bonds is 19. The zero-order valence-electron chi connectivity index (χ0n) is 21.2. The highest BCUT2D eigenvalue weighted by molar-refractivity contribution is 4.94. The molecule has 0 N–H and O–H groups in total. The molecule has 0 aromatic carbocycles. The average Bonchev–Trinajstić information content (AvgIpc) is 2.69. The Morgan fingerprint density at radius 1 is 0.567 bits per heavy atom. The van der Waals surface area contributed by atoms with Gasteiger partial charge in [0.15, 0.2) is 5.79 Å². The minimum absolute atomic E-state index is 0.297. The van der Waals surface area contributed by atoms with E-state index in [-0.39, 0.29) is 0 Å². The SMILES string of the molecule is CCCCCOC(C)(CC/C=C/CC/C=C/CC/C=C/C(C)(C)C)OCCCCC. The van der Waals surface area contributed by atoms with Crippen LogP contribution in [0, 0.1) is 5.41 Å². The summed E-state index contributed by atoms with van der Waals surface area (Å²) in [6.07, 6.45) is 27.4. The Balaban J connectivity index is 4.05. The molecule has 0 rings (SSSR count). The van der Waals surface area contributed by atoms with Crippen molar-refractivity contribution < 1.29 is 9.47 Å². The first kappa shape index (κ1) is 29.1. The van der Waals surface area contributed by atoms with Crippen LogP contribution in [0.25, 0.3) is 0 Å². The number of ether oxygens (including phenoxy) is 2. The maximum absolute atomic E-state index is 6.15. The normalized spacial score (nSPS) is 13.4. The Morgan fingerprint density at radius 2 is 1.00 bits per heavy atom. The second-order valence-corrected chi connectivity index (χ2v) is 9.65. The Morgan fingerprint density at radius 3 is 1.43 bits per heavy atom. The van der Waals surface area contributed by atoms with E-state index in [9.17, 15) is 0 Å². The van der Waals surface area contributed by atoms with Crippen LogP contribution < -0.4 is 0 Å². The smallest absolute Gasteiger partial charge is 0.165 e. The maximum atomic E-state index is 6.15. The highest BCUT2D eigenvalue weighted by Gasteiger charge is 2.24. The minimum Gasteiger partial charge on any atom is -0.350 e. The van der Waals surface area contributed by atoms with Gasteiger partial charge < -0.3 is 9.47 Å². The largest absolute Gasteiger partial charge is 0.350 e. The molecule has 0 aliphatic rings. The molecule has 0 bridgehead atoms. The molecular weight excluding hydrogens is 368 g/mol. The highest BCUT2D eigenvalue weighted by Crippen LogP contribution is 2.22. The minimum atomic E-state index is -0.438. The van der Waals surface area contributed by atoms with E-state index in [0.717, 1.165) is 64.6 Å². The zero-order valence-corrected chi connectivity index (χ0v) is 21.2. The van der Waals surface area contributed by atoms with E-state index < -0.39 is 5.79 Å². The van der Waals surface area contributed by atoms with Crippen molar-refractivity contribution in [3.8, 4) is 0 Å². The lowest BCUT2D eigenvalue weighted by molar-refractivity contribution is -0.229. The first-order valence-corrected chi connectivity index (χ1v) is 12.6. The molecule has 0 atom stereocenters. The van der Waals surface area contributed by atoms with Crippen LogP contribution in [0.3, 0.4) is 0 Å². The molecule has 0 radical (unpaired) electrons. The van der Waals surface area contributed by atoms with E-state index in [1.165, 1.54) is 25.7 Å². The van der Waals surface area contributed by atoms with Gasteiger partial charge in [-0.2, -0.15) is 0 Å². The van der Waals surface area contributed by atoms with E-state index in [1.807, 2.05) is 0 Å². The Bertz CT molecular complexity index is 442. The van der Waals surface area contributed by atoms with Gasteiger partial charge in [0.05, 0.1) is 13.2 Å². The Hall–Kier alpha value is -0.860. The molecule has 2 nitrogen and oxygen atoms in total. The molecule has 0 saturated heterocycles. The number of hydrogen-bond donors (Lipinski definition) is 0. The Labute approximate surface area is 189 Å². The van der Waals surface area contributed by atoms with Gasteiger partial charge in [-0.05, 0) is 57.3 Å². The summed E-state index contributed by atoms with van der Waals surface area (Å²) in [5.41, 5.74) is 0.297. The highest BCUT2D eigenvalue weighted by atomic mass is 16.7. The van der Waals surface area contributed by atoms with Gasteiger partial charge in [-0.1, -0.05) is 96.8 Å². The van der Waals surface area contributed by atoms with Crippen LogP contribution in [0.4, 0.5) is 0 Å². The third-order valence-corrected chi connectivity index (χ3v) is 5.03. The van der Waals surface area contributed by atoms with Crippen LogP contribution in [-0.4, -0.2) is 19.0 Å². The third kappa shape index (κ3) is 20.4. The lowest BCUT2D eigenvalue weighted by Crippen LogP contribution is -2.33. The van der Waals surface area contributed by atoms with Crippen molar-refractivity contribution in [3.63, 3.8) is 0 Å². The van der Waals surface area contributed by atoms with E-state index >= 15 is 0 Å². The fourth-order valence-corrected chi connectivity index (χ4v) is 3.10. The lowest BCUT2D eigenvalue weighted by atomic mass is 9.96. The van der Waals surface area contributed by atoms with Gasteiger partial charge in [-0.15, -0.1) is 0 Å². The number of hydrogen-bond acceptors (Lipinski definition) is 2. The third-order valence-electron chi connectivity index (χ3n) is 5.03. The van der Waals surface area contributed by atoms with Crippen LogP contribution in [0.5, 0.6) is 0 Å². The first-order chi connectivity index (χ1) is 14.3. The van der Waals surface area contributed by atoms with E-state index in [2.05, 4.69) is 78.0 Å². The molecule has 30 heavy (non-hydrogen) atoms. The monoisotopic (exact) mass is 420 g/mol. The van der Waals surface area contributed by atoms with E-state index in [4.69, 9.17) is 9.47 Å². The van der Waals surface area contributed by atoms with Crippen molar-refractivity contribution >= 4 is 0 Å². The summed E-state index contributed by atoms with van der Waals surface area (Å²) >= 11 is 0. The van der Waals surface area contributed by atoms with Crippen LogP contribution in [0.2, 0.25) is 0 Å². The zero-order chi connectivity index (χ0) is 22.6. The summed E-state index contributed by atoms with van der Waals surface area (Å²) in [7, 11) is 0. The maximum Gasteiger partial charge on any atom is 0.165 e. The summed E-state index contributed by atoms with van der Waals surface area (Å²) < 4.78 is 12.3. The van der Waals surface area contributed by atoms with Crippen LogP contribution in [-0.2, 0) is 9.47 Å². The predicted octanol–water partition coefficient (Wildman–Crippen LogP) is 9.17. The molecule has 0 aromatic rings. The molecule has 0 amide bonds. The summed E-state index contributed by atoms with van der Waals surface area (Å²) in [5, 5.41) is 0. The van der Waals surface area contributed by atoms with Gasteiger partial charge in [0.2, 0.25) is 0 Å². The van der Waals surface area contributed by atoms with Gasteiger partial charge in [-0.3, -0.25) is 0 Å². The van der Waals surface area contributed by atoms with Gasteiger partial charge in [0.25, 0.3) is 0 Å². The van der Waals surface area contributed by atoms with Crippen molar-refractivity contribution in [3.05, 3.63) is 36.5 Å².